The number of ether oxygens (including phenoxy) is 3. The molecule has 2 N–H and O–H groups in total. The first-order valence-corrected chi connectivity index (χ1v) is 12.9. The van der Waals surface area contributed by atoms with Crippen LogP contribution in [0.5, 0.6) is 17.2 Å². The number of nitrogens with zero attached hydrogens (tertiary/aromatic N) is 2. The molecule has 2 aliphatic rings. The number of piperazine rings is 1. The minimum absolute atomic E-state index is 0.0383. The number of rotatable bonds is 6. The molecule has 0 spiro atoms. The van der Waals surface area contributed by atoms with Crippen molar-refractivity contribution in [3.8, 4) is 28.4 Å². The summed E-state index contributed by atoms with van der Waals surface area (Å²) in [6.07, 6.45) is 0. The van der Waals surface area contributed by atoms with E-state index >= 15 is 8.78 Å². The van der Waals surface area contributed by atoms with Crippen LogP contribution in [0, 0.1) is 11.6 Å². The molecule has 210 valence electrons. The molecule has 1 fully saturated rings. The Balaban J connectivity index is 1.37. The van der Waals surface area contributed by atoms with Crippen LogP contribution >= 0.6 is 0 Å². The molecular weight excluding hydrogens is 518 g/mol. The fourth-order valence-corrected chi connectivity index (χ4v) is 5.21. The molecule has 0 atom stereocenters. The number of anilines is 1. The van der Waals surface area contributed by atoms with E-state index in [1.165, 1.54) is 20.3 Å². The summed E-state index contributed by atoms with van der Waals surface area (Å²) >= 11 is 0. The Morgan fingerprint density at radius 2 is 1.68 bits per heavy atom. The Kier molecular flexibility index (Phi) is 7.37. The summed E-state index contributed by atoms with van der Waals surface area (Å²) in [6.45, 7) is 7.04. The van der Waals surface area contributed by atoms with Crippen LogP contribution in [0.3, 0.4) is 0 Å². The zero-order chi connectivity index (χ0) is 28.6. The number of amides is 1. The van der Waals surface area contributed by atoms with Crippen molar-refractivity contribution in [3.05, 3.63) is 70.8 Å². The maximum Gasteiger partial charge on any atom is 0.256 e. The number of fused-ring (bicyclic) bond motifs is 1. The lowest BCUT2D eigenvalue weighted by Gasteiger charge is -2.40. The van der Waals surface area contributed by atoms with Crippen molar-refractivity contribution in [2.45, 2.75) is 25.9 Å². The largest absolute Gasteiger partial charge is 0.495 e. The number of hydrogen-bond donors (Lipinski definition) is 2. The van der Waals surface area contributed by atoms with Crippen molar-refractivity contribution < 1.29 is 27.8 Å². The molecule has 3 aromatic rings. The van der Waals surface area contributed by atoms with Gasteiger partial charge >= 0.3 is 0 Å². The van der Waals surface area contributed by atoms with E-state index in [1.807, 2.05) is 6.07 Å². The van der Waals surface area contributed by atoms with Crippen LogP contribution in [0.4, 0.5) is 14.5 Å². The van der Waals surface area contributed by atoms with Crippen LogP contribution in [-0.4, -0.2) is 58.2 Å². The van der Waals surface area contributed by atoms with Crippen LogP contribution in [0.15, 0.2) is 47.5 Å². The second-order valence-corrected chi connectivity index (χ2v) is 10.4. The standard InChI is InChI=1S/C30H32F2N4O4/c1-30(2)16-36(11-10-34-30)21-9-7-18(13-22(21)38-3)29(37)35-28-20-8-6-17(12-19(20)15-33-28)25-26(31)23(39-4)14-24(40-5)27(25)32/h6-9,12-14,34H,10-11,15-16H2,1-5H3,(H,33,35,37). The molecule has 0 unspecified atom stereocenters. The van der Waals surface area contributed by atoms with E-state index in [-0.39, 0.29) is 35.1 Å². The van der Waals surface area contributed by atoms with E-state index in [0.29, 0.717) is 28.3 Å². The topological polar surface area (TPSA) is 84.4 Å². The van der Waals surface area contributed by atoms with Crippen LogP contribution < -0.4 is 29.7 Å². The van der Waals surface area contributed by atoms with Gasteiger partial charge in [-0.2, -0.15) is 0 Å². The number of methoxy groups -OCH3 is 3. The summed E-state index contributed by atoms with van der Waals surface area (Å²) in [5.41, 5.74) is 2.78. The summed E-state index contributed by atoms with van der Waals surface area (Å²) in [5, 5.41) is 6.37. The summed E-state index contributed by atoms with van der Waals surface area (Å²) in [4.78, 5) is 19.9. The Labute approximate surface area is 232 Å². The average molecular weight is 551 g/mol. The fourth-order valence-electron chi connectivity index (χ4n) is 5.21. The van der Waals surface area contributed by atoms with E-state index in [4.69, 9.17) is 14.2 Å². The highest BCUT2D eigenvalue weighted by molar-refractivity contribution is 6.14. The minimum Gasteiger partial charge on any atom is -0.495 e. The lowest BCUT2D eigenvalue weighted by molar-refractivity contribution is 0.0977. The lowest BCUT2D eigenvalue weighted by Crippen LogP contribution is -2.57. The molecule has 1 saturated heterocycles. The molecule has 0 bridgehead atoms. The smallest absolute Gasteiger partial charge is 0.256 e. The molecule has 0 saturated carbocycles. The Morgan fingerprint density at radius 1 is 0.975 bits per heavy atom. The molecule has 40 heavy (non-hydrogen) atoms. The normalized spacial score (nSPS) is 15.8. The molecular formula is C30H32F2N4O4. The molecule has 5 rings (SSSR count). The molecule has 0 aromatic heterocycles. The maximum absolute atomic E-state index is 15.0. The van der Waals surface area contributed by atoms with Gasteiger partial charge in [-0.3, -0.25) is 9.79 Å². The number of carbonyl (C=O) groups is 1. The lowest BCUT2D eigenvalue weighted by atomic mass is 9.98. The molecule has 8 nitrogen and oxygen atoms in total. The van der Waals surface area contributed by atoms with Gasteiger partial charge in [0.1, 0.15) is 11.6 Å². The number of hydrogen-bond acceptors (Lipinski definition) is 7. The molecule has 3 aromatic carbocycles. The molecule has 1 amide bonds. The summed E-state index contributed by atoms with van der Waals surface area (Å²) in [6, 6.07) is 11.5. The predicted molar refractivity (Wildman–Crippen MR) is 150 cm³/mol. The van der Waals surface area contributed by atoms with Gasteiger partial charge in [0.15, 0.2) is 23.1 Å². The number of amidine groups is 1. The van der Waals surface area contributed by atoms with Gasteiger partial charge in [0, 0.05) is 42.4 Å². The Morgan fingerprint density at radius 3 is 2.33 bits per heavy atom. The number of nitrogens with one attached hydrogen (secondary N) is 2. The maximum atomic E-state index is 15.0. The van der Waals surface area contributed by atoms with Gasteiger partial charge in [-0.05, 0) is 49.2 Å². The van der Waals surface area contributed by atoms with Crippen molar-refractivity contribution in [1.82, 2.24) is 10.6 Å². The van der Waals surface area contributed by atoms with Crippen LogP contribution in [0.2, 0.25) is 0 Å². The third-order valence-corrected chi connectivity index (χ3v) is 7.22. The number of carbonyl (C=O) groups excluding carboxylic acids is 1. The third kappa shape index (κ3) is 5.06. The number of aliphatic imine (C=N–C) groups is 1. The van der Waals surface area contributed by atoms with Gasteiger partial charge in [0.25, 0.3) is 5.91 Å². The van der Waals surface area contributed by atoms with Crippen molar-refractivity contribution in [1.29, 1.82) is 0 Å². The second kappa shape index (κ2) is 10.8. The summed E-state index contributed by atoms with van der Waals surface area (Å²) in [5.74, 6) is -1.23. The van der Waals surface area contributed by atoms with Gasteiger partial charge in [-0.1, -0.05) is 12.1 Å². The molecule has 2 heterocycles. The number of benzene rings is 3. The first kappa shape index (κ1) is 27.4. The first-order valence-electron chi connectivity index (χ1n) is 12.9. The highest BCUT2D eigenvalue weighted by Gasteiger charge is 2.28. The van der Waals surface area contributed by atoms with E-state index < -0.39 is 11.6 Å². The van der Waals surface area contributed by atoms with Crippen LogP contribution in [-0.2, 0) is 6.54 Å². The zero-order valence-corrected chi connectivity index (χ0v) is 23.2. The van der Waals surface area contributed by atoms with Gasteiger partial charge < -0.3 is 29.7 Å². The van der Waals surface area contributed by atoms with E-state index in [9.17, 15) is 4.79 Å². The molecule has 0 radical (unpaired) electrons. The highest BCUT2D eigenvalue weighted by Crippen LogP contribution is 2.39. The first-order chi connectivity index (χ1) is 19.2. The minimum atomic E-state index is -0.824. The highest BCUT2D eigenvalue weighted by atomic mass is 19.1. The third-order valence-electron chi connectivity index (χ3n) is 7.22. The van der Waals surface area contributed by atoms with E-state index in [0.717, 1.165) is 30.9 Å². The quantitative estimate of drug-likeness (QED) is 0.469. The van der Waals surface area contributed by atoms with Crippen molar-refractivity contribution in [3.63, 3.8) is 0 Å². The van der Waals surface area contributed by atoms with Crippen molar-refractivity contribution >= 4 is 17.4 Å². The SMILES string of the molecule is COc1cc(C(=O)NC2=NCc3cc(-c4c(F)c(OC)cc(OC)c4F)ccc32)ccc1N1CCNC(C)(C)C1. The fraction of sp³-hybridized carbons (Fsp3) is 0.333. The average Bonchev–Trinajstić information content (AvgIpc) is 3.34. The summed E-state index contributed by atoms with van der Waals surface area (Å²) < 4.78 is 45.9. The van der Waals surface area contributed by atoms with Gasteiger partial charge in [0.2, 0.25) is 0 Å². The predicted octanol–water partition coefficient (Wildman–Crippen LogP) is 4.54. The molecule has 10 heteroatoms. The van der Waals surface area contributed by atoms with Crippen LogP contribution in [0.25, 0.3) is 11.1 Å². The van der Waals surface area contributed by atoms with Gasteiger partial charge in [-0.25, -0.2) is 8.78 Å². The zero-order valence-electron chi connectivity index (χ0n) is 23.2. The second-order valence-electron chi connectivity index (χ2n) is 10.4. The van der Waals surface area contributed by atoms with Crippen molar-refractivity contribution in [2.24, 2.45) is 4.99 Å². The Bertz CT molecular complexity index is 1480. The van der Waals surface area contributed by atoms with E-state index in [2.05, 4.69) is 34.4 Å². The van der Waals surface area contributed by atoms with Crippen molar-refractivity contribution in [2.75, 3.05) is 45.9 Å². The van der Waals surface area contributed by atoms with Gasteiger partial charge in [-0.15, -0.1) is 0 Å². The van der Waals surface area contributed by atoms with Crippen LogP contribution in [0.1, 0.15) is 35.3 Å². The van der Waals surface area contributed by atoms with E-state index in [1.54, 1.807) is 37.4 Å². The monoisotopic (exact) mass is 550 g/mol. The Hall–Kier alpha value is -4.18. The van der Waals surface area contributed by atoms with Gasteiger partial charge in [0.05, 0.1) is 39.1 Å². The number of halogens is 2. The molecule has 0 aliphatic carbocycles. The summed E-state index contributed by atoms with van der Waals surface area (Å²) in [7, 11) is 4.20. The molecule has 2 aliphatic heterocycles.